The monoisotopic (exact) mass is 247 g/mol. The van der Waals surface area contributed by atoms with Gasteiger partial charge in [-0.1, -0.05) is 20.3 Å². The molecule has 0 radical (unpaired) electrons. The van der Waals surface area contributed by atoms with Gasteiger partial charge in [0.2, 0.25) is 0 Å². The Labute approximate surface area is 103 Å². The first-order chi connectivity index (χ1) is 7.79. The van der Waals surface area contributed by atoms with Gasteiger partial charge in [0.1, 0.15) is 0 Å². The molecule has 4 heteroatoms. The van der Waals surface area contributed by atoms with Crippen LogP contribution in [0.5, 0.6) is 0 Å². The molecule has 0 aliphatic rings. The summed E-state index contributed by atoms with van der Waals surface area (Å²) in [5.74, 6) is 0. The molecule has 0 aromatic carbocycles. The molecule has 3 nitrogen and oxygen atoms in total. The fraction of sp³-hybridized carbons (Fsp3) is 1.00. The molecule has 0 aromatic rings. The number of hydrogen-bond acceptors (Lipinski definition) is 3. The quantitative estimate of drug-likeness (QED) is 0.449. The topological polar surface area (TPSA) is 30.5 Å². The molecular formula is C12H29NO2Si. The average molecular weight is 247 g/mol. The molecule has 0 spiro atoms. The molecule has 0 amide bonds. The second-order valence-electron chi connectivity index (χ2n) is 3.99. The van der Waals surface area contributed by atoms with E-state index in [0.717, 1.165) is 26.3 Å². The SMILES string of the molecule is CCCNCCC(CC)[SiH](OCC)OCC. The number of hydrogen-bond donors (Lipinski definition) is 1. The summed E-state index contributed by atoms with van der Waals surface area (Å²) in [5.41, 5.74) is 0.643. The van der Waals surface area contributed by atoms with E-state index in [4.69, 9.17) is 8.85 Å². The lowest BCUT2D eigenvalue weighted by Crippen LogP contribution is -2.31. The molecule has 0 aliphatic heterocycles. The summed E-state index contributed by atoms with van der Waals surface area (Å²) in [6.45, 7) is 12.3. The molecule has 1 N–H and O–H groups in total. The van der Waals surface area contributed by atoms with Gasteiger partial charge < -0.3 is 14.2 Å². The van der Waals surface area contributed by atoms with Crippen molar-refractivity contribution in [1.29, 1.82) is 0 Å². The van der Waals surface area contributed by atoms with Gasteiger partial charge in [0, 0.05) is 18.8 Å². The van der Waals surface area contributed by atoms with Gasteiger partial charge in [0.15, 0.2) is 0 Å². The molecule has 1 atom stereocenters. The summed E-state index contributed by atoms with van der Waals surface area (Å²) in [4.78, 5) is 0. The fourth-order valence-electron chi connectivity index (χ4n) is 1.77. The Morgan fingerprint density at radius 1 is 1.00 bits per heavy atom. The van der Waals surface area contributed by atoms with Crippen molar-refractivity contribution in [3.63, 3.8) is 0 Å². The number of nitrogens with one attached hydrogen (secondary N) is 1. The predicted molar refractivity (Wildman–Crippen MR) is 72.2 cm³/mol. The van der Waals surface area contributed by atoms with Crippen LogP contribution >= 0.6 is 0 Å². The van der Waals surface area contributed by atoms with Gasteiger partial charge >= 0.3 is 9.28 Å². The molecule has 0 fully saturated rings. The van der Waals surface area contributed by atoms with E-state index in [1.807, 2.05) is 0 Å². The van der Waals surface area contributed by atoms with Crippen LogP contribution in [-0.4, -0.2) is 35.6 Å². The zero-order chi connectivity index (χ0) is 12.2. The molecule has 0 aromatic heterocycles. The van der Waals surface area contributed by atoms with E-state index in [0.29, 0.717) is 5.54 Å². The van der Waals surface area contributed by atoms with Crippen molar-refractivity contribution in [2.24, 2.45) is 0 Å². The molecule has 16 heavy (non-hydrogen) atoms. The second-order valence-corrected chi connectivity index (χ2v) is 6.33. The maximum absolute atomic E-state index is 5.78. The standard InChI is InChI=1S/C12H29NO2Si/c1-5-10-13-11-9-12(6-2)16(14-7-3)15-8-4/h12-13,16H,5-11H2,1-4H3. The van der Waals surface area contributed by atoms with Crippen LogP contribution in [0.3, 0.4) is 0 Å². The highest BCUT2D eigenvalue weighted by molar-refractivity contribution is 6.46. The summed E-state index contributed by atoms with van der Waals surface area (Å²) in [5, 5.41) is 3.45. The second kappa shape index (κ2) is 11.6. The van der Waals surface area contributed by atoms with E-state index in [1.165, 1.54) is 19.3 Å². The van der Waals surface area contributed by atoms with Gasteiger partial charge in [0.05, 0.1) is 0 Å². The first kappa shape index (κ1) is 16.1. The van der Waals surface area contributed by atoms with Gasteiger partial charge in [-0.2, -0.15) is 0 Å². The molecule has 1 unspecified atom stereocenters. The summed E-state index contributed by atoms with van der Waals surface area (Å²) in [6, 6.07) is 0. The summed E-state index contributed by atoms with van der Waals surface area (Å²) < 4.78 is 11.6. The van der Waals surface area contributed by atoms with Crippen LogP contribution in [0.2, 0.25) is 5.54 Å². The minimum Gasteiger partial charge on any atom is -0.397 e. The molecule has 0 rings (SSSR count). The third-order valence-corrected chi connectivity index (χ3v) is 5.59. The third-order valence-electron chi connectivity index (χ3n) is 2.69. The maximum atomic E-state index is 5.78. The van der Waals surface area contributed by atoms with Gasteiger partial charge in [-0.05, 0) is 39.8 Å². The van der Waals surface area contributed by atoms with E-state index in [9.17, 15) is 0 Å². The van der Waals surface area contributed by atoms with Gasteiger partial charge in [-0.3, -0.25) is 0 Å². The summed E-state index contributed by atoms with van der Waals surface area (Å²) >= 11 is 0. The Morgan fingerprint density at radius 3 is 2.06 bits per heavy atom. The Morgan fingerprint density at radius 2 is 1.62 bits per heavy atom. The summed E-state index contributed by atoms with van der Waals surface area (Å²) in [6.07, 6.45) is 3.56. The van der Waals surface area contributed by atoms with E-state index < -0.39 is 9.28 Å². The van der Waals surface area contributed by atoms with Gasteiger partial charge in [-0.25, -0.2) is 0 Å². The molecule has 0 heterocycles. The van der Waals surface area contributed by atoms with E-state index in [1.54, 1.807) is 0 Å². The van der Waals surface area contributed by atoms with E-state index >= 15 is 0 Å². The largest absolute Gasteiger partial charge is 0.397 e. The van der Waals surface area contributed by atoms with Crippen LogP contribution in [0.25, 0.3) is 0 Å². The highest BCUT2D eigenvalue weighted by atomic mass is 28.3. The van der Waals surface area contributed by atoms with Crippen LogP contribution < -0.4 is 5.32 Å². The lowest BCUT2D eigenvalue weighted by atomic mass is 10.2. The first-order valence-corrected chi connectivity index (χ1v) is 8.34. The molecule has 0 aliphatic carbocycles. The summed E-state index contributed by atoms with van der Waals surface area (Å²) in [7, 11) is -1.44. The van der Waals surface area contributed by atoms with Gasteiger partial charge in [-0.15, -0.1) is 0 Å². The molecule has 0 bridgehead atoms. The Balaban J connectivity index is 3.89. The zero-order valence-corrected chi connectivity index (χ0v) is 12.6. The maximum Gasteiger partial charge on any atom is 0.324 e. The Kier molecular flexibility index (Phi) is 11.6. The normalized spacial score (nSPS) is 13.3. The van der Waals surface area contributed by atoms with E-state index in [-0.39, 0.29) is 0 Å². The lowest BCUT2D eigenvalue weighted by Gasteiger charge is -2.23. The van der Waals surface area contributed by atoms with Crippen molar-refractivity contribution in [3.05, 3.63) is 0 Å². The zero-order valence-electron chi connectivity index (χ0n) is 11.4. The smallest absolute Gasteiger partial charge is 0.324 e. The molecule has 0 saturated heterocycles. The van der Waals surface area contributed by atoms with Crippen LogP contribution in [0.1, 0.15) is 47.0 Å². The van der Waals surface area contributed by atoms with Gasteiger partial charge in [0.25, 0.3) is 0 Å². The highest BCUT2D eigenvalue weighted by Crippen LogP contribution is 2.20. The molecule has 98 valence electrons. The van der Waals surface area contributed by atoms with Crippen LogP contribution in [0.15, 0.2) is 0 Å². The van der Waals surface area contributed by atoms with Crippen LogP contribution in [-0.2, 0) is 8.85 Å². The fourth-order valence-corrected chi connectivity index (χ4v) is 3.89. The first-order valence-electron chi connectivity index (χ1n) is 6.73. The van der Waals surface area contributed by atoms with Crippen molar-refractivity contribution in [3.8, 4) is 0 Å². The van der Waals surface area contributed by atoms with Crippen molar-refractivity contribution in [1.82, 2.24) is 5.32 Å². The van der Waals surface area contributed by atoms with Crippen LogP contribution in [0, 0.1) is 0 Å². The third kappa shape index (κ3) is 7.38. The Bertz CT molecular complexity index is 141. The minimum atomic E-state index is -1.44. The van der Waals surface area contributed by atoms with Crippen molar-refractivity contribution in [2.75, 3.05) is 26.3 Å². The van der Waals surface area contributed by atoms with E-state index in [2.05, 4.69) is 33.0 Å². The Hall–Kier alpha value is 0.0969. The van der Waals surface area contributed by atoms with Crippen LogP contribution in [0.4, 0.5) is 0 Å². The minimum absolute atomic E-state index is 0.643. The average Bonchev–Trinajstić information content (AvgIpc) is 2.29. The predicted octanol–water partition coefficient (Wildman–Crippen LogP) is 2.45. The molecular weight excluding hydrogens is 218 g/mol. The highest BCUT2D eigenvalue weighted by Gasteiger charge is 2.23. The number of rotatable bonds is 11. The van der Waals surface area contributed by atoms with Crippen molar-refractivity contribution >= 4 is 9.28 Å². The lowest BCUT2D eigenvalue weighted by molar-refractivity contribution is 0.201. The molecule has 0 saturated carbocycles. The van der Waals surface area contributed by atoms with Crippen molar-refractivity contribution < 1.29 is 8.85 Å². The van der Waals surface area contributed by atoms with Crippen molar-refractivity contribution in [2.45, 2.75) is 52.5 Å².